The highest BCUT2D eigenvalue weighted by molar-refractivity contribution is 6.37. The fraction of sp³-hybridized carbons (Fsp3) is 0.450. The molecular formula is C20H29N5O7. The number of amides is 5. The number of primary amides is 1. The lowest BCUT2D eigenvalue weighted by atomic mass is 10.2. The van der Waals surface area contributed by atoms with E-state index in [4.69, 9.17) is 15.2 Å². The molecule has 4 N–H and O–H groups in total. The molecule has 0 bridgehead atoms. The smallest absolute Gasteiger partial charge is 0.414 e. The van der Waals surface area contributed by atoms with Crippen molar-refractivity contribution >= 4 is 29.7 Å². The molecule has 0 heterocycles. The van der Waals surface area contributed by atoms with Gasteiger partial charge in [0, 0.05) is 20.3 Å². The van der Waals surface area contributed by atoms with Crippen molar-refractivity contribution in [3.05, 3.63) is 35.9 Å². The highest BCUT2D eigenvalue weighted by Gasteiger charge is 2.31. The molecule has 0 aliphatic rings. The van der Waals surface area contributed by atoms with Crippen LogP contribution >= 0.6 is 0 Å². The summed E-state index contributed by atoms with van der Waals surface area (Å²) in [5, 5.41) is 3.72. The van der Waals surface area contributed by atoms with Gasteiger partial charge in [0.05, 0.1) is 6.54 Å². The number of methoxy groups -OCH3 is 1. The maximum Gasteiger partial charge on any atom is 0.414 e. The number of carbonyl (C=O) groups excluding carboxylic acids is 5. The molecule has 0 fully saturated rings. The zero-order chi connectivity index (χ0) is 24.3. The van der Waals surface area contributed by atoms with E-state index >= 15 is 0 Å². The third kappa shape index (κ3) is 9.53. The maximum atomic E-state index is 12.9. The summed E-state index contributed by atoms with van der Waals surface area (Å²) in [4.78, 5) is 60.5. The molecule has 0 radical (unpaired) electrons. The molecular weight excluding hydrogens is 422 g/mol. The molecule has 12 nitrogen and oxygen atoms in total. The van der Waals surface area contributed by atoms with Crippen LogP contribution in [0.4, 0.5) is 4.79 Å². The normalized spacial score (nSPS) is 10.9. The van der Waals surface area contributed by atoms with Crippen molar-refractivity contribution < 1.29 is 33.4 Å². The summed E-state index contributed by atoms with van der Waals surface area (Å²) in [5.74, 6) is -4.95. The average Bonchev–Trinajstić information content (AvgIpc) is 2.70. The predicted molar refractivity (Wildman–Crippen MR) is 112 cm³/mol. The number of nitrogens with two attached hydrogens (primary N) is 1. The summed E-state index contributed by atoms with van der Waals surface area (Å²) in [5.41, 5.74) is 6.92. The lowest BCUT2D eigenvalue weighted by molar-refractivity contribution is -0.169. The van der Waals surface area contributed by atoms with Crippen molar-refractivity contribution in [3.63, 3.8) is 0 Å². The van der Waals surface area contributed by atoms with Crippen LogP contribution in [0, 0.1) is 0 Å². The molecule has 0 aliphatic heterocycles. The molecule has 176 valence electrons. The second kappa shape index (κ2) is 12.4. The first-order chi connectivity index (χ1) is 14.9. The summed E-state index contributed by atoms with van der Waals surface area (Å²) in [6, 6.07) is 8.58. The second-order valence-corrected chi connectivity index (χ2v) is 7.58. The van der Waals surface area contributed by atoms with Crippen molar-refractivity contribution in [2.24, 2.45) is 5.73 Å². The number of ether oxygens (including phenoxy) is 2. The van der Waals surface area contributed by atoms with Crippen molar-refractivity contribution in [1.82, 2.24) is 20.9 Å². The zero-order valence-corrected chi connectivity index (χ0v) is 18.5. The summed E-state index contributed by atoms with van der Waals surface area (Å²) in [7, 11) is 1.47. The molecule has 1 aromatic carbocycles. The summed E-state index contributed by atoms with van der Waals surface area (Å²) < 4.78 is 9.96. The molecule has 0 unspecified atom stereocenters. The summed E-state index contributed by atoms with van der Waals surface area (Å²) in [6.07, 6.45) is -0.787. The predicted octanol–water partition coefficient (Wildman–Crippen LogP) is -0.163. The molecule has 0 saturated heterocycles. The Hall–Kier alpha value is -3.51. The van der Waals surface area contributed by atoms with Gasteiger partial charge in [-0.15, -0.1) is 5.12 Å². The number of hydrogen-bond donors (Lipinski definition) is 3. The number of rotatable bonds is 8. The van der Waals surface area contributed by atoms with Gasteiger partial charge in [0.2, 0.25) is 0 Å². The Balaban J connectivity index is 3.16. The van der Waals surface area contributed by atoms with Crippen LogP contribution in [-0.4, -0.2) is 65.7 Å². The number of hydrogen-bond acceptors (Lipinski definition) is 8. The van der Waals surface area contributed by atoms with Crippen LogP contribution in [0.1, 0.15) is 32.8 Å². The maximum absolute atomic E-state index is 12.9. The molecule has 12 heteroatoms. The highest BCUT2D eigenvalue weighted by atomic mass is 16.6. The van der Waals surface area contributed by atoms with Gasteiger partial charge in [0.15, 0.2) is 0 Å². The monoisotopic (exact) mass is 451 g/mol. The molecule has 1 aromatic rings. The number of carbonyl (C=O) groups is 5. The number of imide groups is 1. The first kappa shape index (κ1) is 26.5. The van der Waals surface area contributed by atoms with E-state index in [2.05, 4.69) is 5.43 Å². The van der Waals surface area contributed by atoms with E-state index in [0.717, 1.165) is 10.1 Å². The topological polar surface area (TPSA) is 160 Å². The molecule has 0 atom stereocenters. The van der Waals surface area contributed by atoms with E-state index in [1.807, 2.05) is 5.32 Å². The van der Waals surface area contributed by atoms with Crippen molar-refractivity contribution in [1.29, 1.82) is 0 Å². The molecule has 1 rings (SSSR count). The van der Waals surface area contributed by atoms with Crippen LogP contribution < -0.4 is 16.5 Å². The van der Waals surface area contributed by atoms with Crippen LogP contribution in [0.5, 0.6) is 0 Å². The molecule has 0 saturated carbocycles. The summed E-state index contributed by atoms with van der Waals surface area (Å²) >= 11 is 0. The van der Waals surface area contributed by atoms with Crippen molar-refractivity contribution in [2.45, 2.75) is 39.3 Å². The summed E-state index contributed by atoms with van der Waals surface area (Å²) in [6.45, 7) is 4.88. The standard InChI is InChI=1S/C20H29N5O7/c1-20(2,3)32-19(30)22-17(28)18(29)24(13-14-9-6-5-7-10-14)25(11-8-12-31-4)23-16(27)15(21)26/h5-7,9-10H,8,11-13H2,1-4H3,(H2,21,26)(H,23,27)(H,22,28,30). The number of nitrogens with one attached hydrogen (secondary N) is 2. The van der Waals surface area contributed by atoms with Crippen molar-refractivity contribution in [3.8, 4) is 0 Å². The Labute approximate surface area is 185 Å². The van der Waals surface area contributed by atoms with Gasteiger partial charge in [-0.25, -0.2) is 9.80 Å². The minimum Gasteiger partial charge on any atom is -0.444 e. The average molecular weight is 451 g/mol. The number of alkyl carbamates (subject to hydrolysis) is 1. The van der Waals surface area contributed by atoms with Crippen LogP contribution in [0.15, 0.2) is 30.3 Å². The third-order valence-electron chi connectivity index (χ3n) is 3.68. The van der Waals surface area contributed by atoms with E-state index < -0.39 is 35.3 Å². The van der Waals surface area contributed by atoms with E-state index in [1.54, 1.807) is 51.1 Å². The van der Waals surface area contributed by atoms with Gasteiger partial charge in [-0.3, -0.25) is 29.9 Å². The Bertz CT molecular complexity index is 823. The van der Waals surface area contributed by atoms with Gasteiger partial charge in [0.1, 0.15) is 5.60 Å². The van der Waals surface area contributed by atoms with Crippen molar-refractivity contribution in [2.75, 3.05) is 20.3 Å². The number of hydrazine groups is 2. The van der Waals surface area contributed by atoms with E-state index in [1.165, 1.54) is 7.11 Å². The van der Waals surface area contributed by atoms with Gasteiger partial charge in [-0.1, -0.05) is 30.3 Å². The molecule has 0 aromatic heterocycles. The molecule has 32 heavy (non-hydrogen) atoms. The van der Waals surface area contributed by atoms with Crippen LogP contribution in [0.25, 0.3) is 0 Å². The molecule has 0 spiro atoms. The van der Waals surface area contributed by atoms with Crippen LogP contribution in [0.2, 0.25) is 0 Å². The van der Waals surface area contributed by atoms with Gasteiger partial charge in [0.25, 0.3) is 0 Å². The van der Waals surface area contributed by atoms with Crippen LogP contribution in [-0.2, 0) is 35.2 Å². The SMILES string of the molecule is COCCCN(NC(=O)C(N)=O)N(Cc1ccccc1)C(=O)C(=O)NC(=O)OC(C)(C)C. The third-order valence-corrected chi connectivity index (χ3v) is 3.68. The highest BCUT2D eigenvalue weighted by Crippen LogP contribution is 2.10. The fourth-order valence-corrected chi connectivity index (χ4v) is 2.36. The number of benzene rings is 1. The lowest BCUT2D eigenvalue weighted by Crippen LogP contribution is -2.60. The van der Waals surface area contributed by atoms with Gasteiger partial charge >= 0.3 is 29.7 Å². The van der Waals surface area contributed by atoms with Gasteiger partial charge in [-0.2, -0.15) is 0 Å². The lowest BCUT2D eigenvalue weighted by Gasteiger charge is -2.34. The van der Waals surface area contributed by atoms with E-state index in [-0.39, 0.29) is 19.7 Å². The molecule has 5 amide bonds. The molecule has 0 aliphatic carbocycles. The Kier molecular flexibility index (Phi) is 10.3. The largest absolute Gasteiger partial charge is 0.444 e. The van der Waals surface area contributed by atoms with Crippen LogP contribution in [0.3, 0.4) is 0 Å². The Morgan fingerprint density at radius 1 is 1.03 bits per heavy atom. The second-order valence-electron chi connectivity index (χ2n) is 7.58. The van der Waals surface area contributed by atoms with Gasteiger partial charge < -0.3 is 15.2 Å². The van der Waals surface area contributed by atoms with E-state index in [9.17, 15) is 24.0 Å². The first-order valence-corrected chi connectivity index (χ1v) is 9.71. The minimum absolute atomic E-state index is 0.00878. The zero-order valence-electron chi connectivity index (χ0n) is 18.5. The number of nitrogens with zero attached hydrogens (tertiary/aromatic N) is 2. The fourth-order valence-electron chi connectivity index (χ4n) is 2.36. The quantitative estimate of drug-likeness (QED) is 0.279. The van der Waals surface area contributed by atoms with Gasteiger partial charge in [-0.05, 0) is 32.8 Å². The van der Waals surface area contributed by atoms with E-state index in [0.29, 0.717) is 12.0 Å². The Morgan fingerprint density at radius 2 is 1.66 bits per heavy atom. The Morgan fingerprint density at radius 3 is 2.19 bits per heavy atom. The minimum atomic E-state index is -1.29. The first-order valence-electron chi connectivity index (χ1n) is 9.71.